The lowest BCUT2D eigenvalue weighted by Gasteiger charge is -2.38. The molecular formula is C30H28F3N3O5S. The summed E-state index contributed by atoms with van der Waals surface area (Å²) in [6.07, 6.45) is 5.44. The third-order valence-electron chi connectivity index (χ3n) is 8.36. The van der Waals surface area contributed by atoms with Crippen molar-refractivity contribution in [1.29, 1.82) is 0 Å². The van der Waals surface area contributed by atoms with Crippen molar-refractivity contribution in [3.8, 4) is 17.0 Å². The second-order valence-electron chi connectivity index (χ2n) is 11.0. The van der Waals surface area contributed by atoms with E-state index in [1.165, 1.54) is 30.6 Å². The van der Waals surface area contributed by atoms with E-state index in [0.717, 1.165) is 55.0 Å². The average Bonchev–Trinajstić information content (AvgIpc) is 3.49. The Morgan fingerprint density at radius 2 is 1.90 bits per heavy atom. The maximum atomic E-state index is 14.8. The van der Waals surface area contributed by atoms with Gasteiger partial charge in [0.2, 0.25) is 0 Å². The Morgan fingerprint density at radius 3 is 2.62 bits per heavy atom. The van der Waals surface area contributed by atoms with Gasteiger partial charge in [0.25, 0.3) is 0 Å². The van der Waals surface area contributed by atoms with Gasteiger partial charge in [-0.3, -0.25) is 0 Å². The molecule has 3 fully saturated rings. The van der Waals surface area contributed by atoms with Crippen molar-refractivity contribution < 1.29 is 36.7 Å². The van der Waals surface area contributed by atoms with Crippen molar-refractivity contribution in [1.82, 2.24) is 10.1 Å². The number of esters is 1. The Bertz CT molecular complexity index is 1620. The standard InChI is InChI=1S/C30H28F3N3O5S/c1-38-28(37)16-10-22(31)26-24(11-16)42-30(34-26)36-17-8-9-18(36)13-19(12-17)39-14-21-25(35-41-27(21)15-6-7-15)20-4-2-3-5-23(20)40-29(32)33/h2-5,10-11,15,17-19,29H,6-9,12-14H2,1H3/t17-,18?,19?/m0/s1. The number of carbonyl (C=O) groups is 1. The van der Waals surface area contributed by atoms with Crippen LogP contribution in [-0.2, 0) is 16.1 Å². The number of thiazole rings is 1. The molecule has 2 aliphatic heterocycles. The summed E-state index contributed by atoms with van der Waals surface area (Å²) in [6, 6.07) is 9.74. The molecule has 0 spiro atoms. The third kappa shape index (κ3) is 5.00. The van der Waals surface area contributed by atoms with Gasteiger partial charge in [0.15, 0.2) is 10.9 Å². The molecule has 0 radical (unpaired) electrons. The lowest BCUT2D eigenvalue weighted by Crippen LogP contribution is -2.45. The molecule has 2 unspecified atom stereocenters. The van der Waals surface area contributed by atoms with E-state index in [-0.39, 0.29) is 47.5 Å². The van der Waals surface area contributed by atoms with Crippen LogP contribution in [0.2, 0.25) is 0 Å². The number of hydrogen-bond donors (Lipinski definition) is 0. The minimum atomic E-state index is -2.96. The zero-order valence-corrected chi connectivity index (χ0v) is 23.5. The molecule has 4 heterocycles. The van der Waals surface area contributed by atoms with Crippen molar-refractivity contribution in [2.45, 2.75) is 75.8 Å². The Labute approximate surface area is 243 Å². The minimum absolute atomic E-state index is 0.0295. The van der Waals surface area contributed by atoms with Crippen molar-refractivity contribution >= 4 is 32.7 Å². The predicted molar refractivity (Wildman–Crippen MR) is 149 cm³/mol. The molecule has 42 heavy (non-hydrogen) atoms. The van der Waals surface area contributed by atoms with Crippen molar-refractivity contribution in [3.63, 3.8) is 0 Å². The van der Waals surface area contributed by atoms with E-state index in [0.29, 0.717) is 16.0 Å². The molecule has 2 aromatic heterocycles. The van der Waals surface area contributed by atoms with Gasteiger partial charge in [0.05, 0.1) is 30.1 Å². The lowest BCUT2D eigenvalue weighted by atomic mass is 10.00. The van der Waals surface area contributed by atoms with E-state index >= 15 is 0 Å². The number of aromatic nitrogens is 2. The van der Waals surface area contributed by atoms with Crippen LogP contribution < -0.4 is 9.64 Å². The fourth-order valence-corrected chi connectivity index (χ4v) is 7.46. The number of nitrogens with zero attached hydrogens (tertiary/aromatic N) is 3. The van der Waals surface area contributed by atoms with Crippen LogP contribution in [0.3, 0.4) is 0 Å². The quantitative estimate of drug-likeness (QED) is 0.189. The molecule has 0 N–H and O–H groups in total. The second kappa shape index (κ2) is 10.9. The summed E-state index contributed by atoms with van der Waals surface area (Å²) in [5, 5.41) is 5.01. The highest BCUT2D eigenvalue weighted by molar-refractivity contribution is 7.22. The molecule has 2 aromatic carbocycles. The molecule has 220 valence electrons. The normalized spacial score (nSPS) is 21.8. The zero-order chi connectivity index (χ0) is 29.0. The van der Waals surface area contributed by atoms with E-state index in [2.05, 4.69) is 15.0 Å². The highest BCUT2D eigenvalue weighted by Gasteiger charge is 2.43. The van der Waals surface area contributed by atoms with Crippen LogP contribution in [0.5, 0.6) is 5.75 Å². The average molecular weight is 600 g/mol. The maximum Gasteiger partial charge on any atom is 0.387 e. The molecule has 0 amide bonds. The van der Waals surface area contributed by atoms with Gasteiger partial charge in [0.1, 0.15) is 22.7 Å². The summed E-state index contributed by atoms with van der Waals surface area (Å²) in [5.41, 5.74) is 2.11. The van der Waals surface area contributed by atoms with Gasteiger partial charge in [-0.15, -0.1) is 0 Å². The van der Waals surface area contributed by atoms with E-state index < -0.39 is 18.4 Å². The number of alkyl halides is 2. The smallest absolute Gasteiger partial charge is 0.387 e. The number of para-hydroxylation sites is 1. The minimum Gasteiger partial charge on any atom is -0.465 e. The number of halogens is 3. The van der Waals surface area contributed by atoms with Crippen LogP contribution in [0.25, 0.3) is 21.5 Å². The number of benzene rings is 2. The van der Waals surface area contributed by atoms with E-state index in [4.69, 9.17) is 18.7 Å². The number of rotatable bonds is 9. The summed E-state index contributed by atoms with van der Waals surface area (Å²) in [6.45, 7) is -2.70. The van der Waals surface area contributed by atoms with Gasteiger partial charge in [-0.05, 0) is 62.8 Å². The highest BCUT2D eigenvalue weighted by atomic mass is 32.1. The largest absolute Gasteiger partial charge is 0.465 e. The van der Waals surface area contributed by atoms with Crippen molar-refractivity contribution in [3.05, 3.63) is 59.1 Å². The molecular weight excluding hydrogens is 571 g/mol. The highest BCUT2D eigenvalue weighted by Crippen LogP contribution is 2.47. The number of piperidine rings is 1. The van der Waals surface area contributed by atoms with Gasteiger partial charge in [-0.1, -0.05) is 28.6 Å². The number of carbonyl (C=O) groups excluding carboxylic acids is 1. The van der Waals surface area contributed by atoms with Crippen LogP contribution >= 0.6 is 11.3 Å². The molecule has 8 nitrogen and oxygen atoms in total. The Morgan fingerprint density at radius 1 is 1.14 bits per heavy atom. The number of hydrogen-bond acceptors (Lipinski definition) is 9. The van der Waals surface area contributed by atoms with Crippen molar-refractivity contribution in [2.75, 3.05) is 12.0 Å². The first-order valence-corrected chi connectivity index (χ1v) is 14.8. The summed E-state index contributed by atoms with van der Waals surface area (Å²) in [7, 11) is 1.27. The van der Waals surface area contributed by atoms with E-state index in [9.17, 15) is 18.0 Å². The molecule has 3 aliphatic rings. The molecule has 4 aromatic rings. The van der Waals surface area contributed by atoms with Crippen LogP contribution in [0.1, 0.15) is 66.1 Å². The molecule has 7 rings (SSSR count). The number of methoxy groups -OCH3 is 1. The molecule has 3 atom stereocenters. The van der Waals surface area contributed by atoms with E-state index in [1.54, 1.807) is 24.3 Å². The maximum absolute atomic E-state index is 14.8. The summed E-state index contributed by atoms with van der Waals surface area (Å²) in [4.78, 5) is 18.9. The second-order valence-corrected chi connectivity index (χ2v) is 12.0. The van der Waals surface area contributed by atoms with Gasteiger partial charge < -0.3 is 23.6 Å². The zero-order valence-electron chi connectivity index (χ0n) is 22.7. The molecule has 12 heteroatoms. The number of anilines is 1. The SMILES string of the molecule is COC(=O)c1cc(F)c2nc(N3C4CC[C@H]3CC(OCc3c(-c5ccccc5OC(F)F)noc3C3CC3)C4)sc2c1. The summed E-state index contributed by atoms with van der Waals surface area (Å²) < 4.78 is 63.3. The van der Waals surface area contributed by atoms with Gasteiger partial charge in [0, 0.05) is 29.1 Å². The number of fused-ring (bicyclic) bond motifs is 3. The van der Waals surface area contributed by atoms with Crippen LogP contribution in [0, 0.1) is 5.82 Å². The van der Waals surface area contributed by atoms with Crippen LogP contribution in [0.4, 0.5) is 18.3 Å². The fourth-order valence-electron chi connectivity index (χ4n) is 6.30. The molecule has 2 bridgehead atoms. The van der Waals surface area contributed by atoms with Gasteiger partial charge in [-0.25, -0.2) is 14.2 Å². The Kier molecular flexibility index (Phi) is 7.05. The lowest BCUT2D eigenvalue weighted by molar-refractivity contribution is -0.0494. The number of ether oxygens (including phenoxy) is 3. The summed E-state index contributed by atoms with van der Waals surface area (Å²) in [5.74, 6) is -0.0841. The van der Waals surface area contributed by atoms with Crippen LogP contribution in [-0.4, -0.2) is 48.0 Å². The molecule has 1 aliphatic carbocycles. The third-order valence-corrected chi connectivity index (χ3v) is 9.37. The van der Waals surface area contributed by atoms with Crippen molar-refractivity contribution in [2.24, 2.45) is 0 Å². The van der Waals surface area contributed by atoms with Gasteiger partial charge >= 0.3 is 12.6 Å². The first-order chi connectivity index (χ1) is 20.4. The first-order valence-electron chi connectivity index (χ1n) is 14.0. The van der Waals surface area contributed by atoms with E-state index in [1.807, 2.05) is 0 Å². The van der Waals surface area contributed by atoms with Crippen LogP contribution in [0.15, 0.2) is 40.9 Å². The topological polar surface area (TPSA) is 86.9 Å². The van der Waals surface area contributed by atoms with Gasteiger partial charge in [-0.2, -0.15) is 8.78 Å². The molecule has 1 saturated carbocycles. The monoisotopic (exact) mass is 599 g/mol. The summed E-state index contributed by atoms with van der Waals surface area (Å²) >= 11 is 1.38. The molecule has 2 saturated heterocycles. The first kappa shape index (κ1) is 27.2. The Balaban J connectivity index is 1.09. The predicted octanol–water partition coefficient (Wildman–Crippen LogP) is 7.07. The Hall–Kier alpha value is -3.64. The fraction of sp³-hybridized carbons (Fsp3) is 0.433.